The summed E-state index contributed by atoms with van der Waals surface area (Å²) >= 11 is 0. The van der Waals surface area contributed by atoms with Gasteiger partial charge in [0.05, 0.1) is 0 Å². The van der Waals surface area contributed by atoms with Gasteiger partial charge in [-0.3, -0.25) is 0 Å². The van der Waals surface area contributed by atoms with Crippen LogP contribution in [0.25, 0.3) is 0 Å². The highest BCUT2D eigenvalue weighted by Gasteiger charge is 2.08. The van der Waals surface area contributed by atoms with Crippen LogP contribution in [0.4, 0.5) is 0 Å². The molecule has 33 heavy (non-hydrogen) atoms. The minimum atomic E-state index is 1.21. The van der Waals surface area contributed by atoms with Crippen LogP contribution in [0, 0.1) is 0 Å². The van der Waals surface area contributed by atoms with E-state index in [1.54, 1.807) is 5.69 Å². The second kappa shape index (κ2) is 24.3. The molecule has 1 heteroatoms. The highest BCUT2D eigenvalue weighted by atomic mass is 14.9. The van der Waals surface area contributed by atoms with Crippen LogP contribution in [0.3, 0.4) is 0 Å². The Hall–Kier alpha value is -0.850. The number of unbranched alkanes of at least 4 members (excludes halogenated alkanes) is 21. The van der Waals surface area contributed by atoms with Gasteiger partial charge in [0.15, 0.2) is 11.9 Å². The Morgan fingerprint density at radius 3 is 1.30 bits per heavy atom. The third-order valence-electron chi connectivity index (χ3n) is 7.32. The number of pyridine rings is 1. The molecule has 0 saturated carbocycles. The van der Waals surface area contributed by atoms with Crippen LogP contribution in [-0.2, 0) is 13.0 Å². The van der Waals surface area contributed by atoms with E-state index in [9.17, 15) is 0 Å². The number of rotatable bonds is 25. The predicted octanol–water partition coefficient (Wildman–Crippen LogP) is 10.5. The molecule has 0 bridgehead atoms. The zero-order chi connectivity index (χ0) is 23.7. The molecule has 0 aromatic carbocycles. The molecular weight excluding hydrogens is 398 g/mol. The van der Waals surface area contributed by atoms with Crippen molar-refractivity contribution in [2.75, 3.05) is 0 Å². The lowest BCUT2D eigenvalue weighted by molar-refractivity contribution is -0.704. The lowest BCUT2D eigenvalue weighted by Crippen LogP contribution is -2.37. The van der Waals surface area contributed by atoms with Crippen molar-refractivity contribution >= 4 is 0 Å². The number of nitrogens with zero attached hydrogens (tertiary/aromatic N) is 1. The lowest BCUT2D eigenvalue weighted by Gasteiger charge is -2.05. The minimum absolute atomic E-state index is 1.21. The minimum Gasteiger partial charge on any atom is -0.202 e. The summed E-state index contributed by atoms with van der Waals surface area (Å²) in [7, 11) is 0. The van der Waals surface area contributed by atoms with Crippen LogP contribution in [0.5, 0.6) is 0 Å². The number of aromatic nitrogens is 1. The molecule has 1 heterocycles. The van der Waals surface area contributed by atoms with E-state index in [2.05, 4.69) is 42.8 Å². The fraction of sp³-hybridized carbons (Fsp3) is 0.844. The zero-order valence-electron chi connectivity index (χ0n) is 22.9. The van der Waals surface area contributed by atoms with Crippen molar-refractivity contribution in [1.29, 1.82) is 0 Å². The van der Waals surface area contributed by atoms with Crippen LogP contribution in [0.1, 0.15) is 167 Å². The molecule has 0 radical (unpaired) electrons. The van der Waals surface area contributed by atoms with Gasteiger partial charge in [0.2, 0.25) is 0 Å². The molecule has 1 aromatic heterocycles. The first kappa shape index (κ1) is 30.2. The second-order valence-electron chi connectivity index (χ2n) is 10.6. The fourth-order valence-electron chi connectivity index (χ4n) is 5.05. The van der Waals surface area contributed by atoms with Crippen molar-refractivity contribution in [2.45, 2.75) is 174 Å². The van der Waals surface area contributed by atoms with Crippen LogP contribution < -0.4 is 4.57 Å². The van der Waals surface area contributed by atoms with Crippen LogP contribution >= 0.6 is 0 Å². The van der Waals surface area contributed by atoms with E-state index >= 15 is 0 Å². The Morgan fingerprint density at radius 1 is 0.455 bits per heavy atom. The Kier molecular flexibility index (Phi) is 22.2. The van der Waals surface area contributed by atoms with Gasteiger partial charge in [-0.1, -0.05) is 148 Å². The molecule has 0 atom stereocenters. The van der Waals surface area contributed by atoms with Gasteiger partial charge in [-0.05, 0) is 12.8 Å². The number of aryl methyl sites for hydroxylation is 2. The molecule has 0 aliphatic carbocycles. The smallest absolute Gasteiger partial charge is 0.181 e. The van der Waals surface area contributed by atoms with Gasteiger partial charge >= 0.3 is 0 Å². The van der Waals surface area contributed by atoms with E-state index in [-0.39, 0.29) is 0 Å². The van der Waals surface area contributed by atoms with Crippen molar-refractivity contribution in [3.05, 3.63) is 30.1 Å². The summed E-state index contributed by atoms with van der Waals surface area (Å²) in [4.78, 5) is 0. The van der Waals surface area contributed by atoms with Crippen molar-refractivity contribution < 1.29 is 4.57 Å². The summed E-state index contributed by atoms with van der Waals surface area (Å²) < 4.78 is 2.53. The van der Waals surface area contributed by atoms with E-state index < -0.39 is 0 Å². The standard InChI is InChI=1S/C32H60N/c1-3-5-7-9-11-12-13-14-15-16-17-18-19-20-21-23-26-30-33-31-27-25-29-32(33)28-24-22-10-8-6-4-2/h25,27,29,31H,3-24,26,28,30H2,1-2H3/q+1. The monoisotopic (exact) mass is 458 g/mol. The summed E-state index contributed by atoms with van der Waals surface area (Å²) in [5.41, 5.74) is 1.55. The first-order valence-corrected chi connectivity index (χ1v) is 15.4. The second-order valence-corrected chi connectivity index (χ2v) is 10.6. The Bertz CT molecular complexity index is 509. The maximum absolute atomic E-state index is 2.53. The van der Waals surface area contributed by atoms with Crippen molar-refractivity contribution in [1.82, 2.24) is 0 Å². The quantitative estimate of drug-likeness (QED) is 0.101. The molecule has 1 rings (SSSR count). The summed E-state index contributed by atoms with van der Waals surface area (Å²) in [6.07, 6.45) is 36.5. The maximum atomic E-state index is 2.53. The van der Waals surface area contributed by atoms with E-state index in [0.29, 0.717) is 0 Å². The SMILES string of the molecule is CCCCCCCCCCCCCCCCCCC[n+]1ccccc1CCCCCCCC. The van der Waals surface area contributed by atoms with Crippen LogP contribution in [0.15, 0.2) is 24.4 Å². The Labute approximate surface area is 209 Å². The topological polar surface area (TPSA) is 3.88 Å². The van der Waals surface area contributed by atoms with Gasteiger partial charge in [0, 0.05) is 25.0 Å². The molecule has 192 valence electrons. The molecule has 0 amide bonds. The van der Waals surface area contributed by atoms with E-state index in [1.807, 2.05) is 0 Å². The summed E-state index contributed by atoms with van der Waals surface area (Å²) in [5, 5.41) is 0. The predicted molar refractivity (Wildman–Crippen MR) is 148 cm³/mol. The molecule has 0 saturated heterocycles. The number of hydrogen-bond acceptors (Lipinski definition) is 0. The molecule has 0 aliphatic heterocycles. The van der Waals surface area contributed by atoms with Gasteiger partial charge in [0.25, 0.3) is 0 Å². The molecule has 0 aliphatic rings. The zero-order valence-corrected chi connectivity index (χ0v) is 22.9. The third kappa shape index (κ3) is 19.2. The van der Waals surface area contributed by atoms with Gasteiger partial charge < -0.3 is 0 Å². The first-order chi connectivity index (χ1) is 16.4. The fourth-order valence-corrected chi connectivity index (χ4v) is 5.05. The lowest BCUT2D eigenvalue weighted by atomic mass is 10.0. The van der Waals surface area contributed by atoms with Gasteiger partial charge in [-0.25, -0.2) is 4.57 Å². The van der Waals surface area contributed by atoms with Gasteiger partial charge in [-0.15, -0.1) is 0 Å². The molecule has 1 aromatic rings. The molecule has 0 N–H and O–H groups in total. The highest BCUT2D eigenvalue weighted by molar-refractivity contribution is 4.97. The summed E-state index contributed by atoms with van der Waals surface area (Å²) in [6.45, 7) is 5.81. The highest BCUT2D eigenvalue weighted by Crippen LogP contribution is 2.14. The number of hydrogen-bond donors (Lipinski definition) is 0. The van der Waals surface area contributed by atoms with Crippen molar-refractivity contribution in [3.8, 4) is 0 Å². The Morgan fingerprint density at radius 2 is 0.848 bits per heavy atom. The van der Waals surface area contributed by atoms with Gasteiger partial charge in [-0.2, -0.15) is 0 Å². The van der Waals surface area contributed by atoms with Crippen LogP contribution in [-0.4, -0.2) is 0 Å². The van der Waals surface area contributed by atoms with E-state index in [1.165, 1.54) is 161 Å². The van der Waals surface area contributed by atoms with E-state index in [4.69, 9.17) is 0 Å². The molecular formula is C32H60N+. The molecule has 0 fully saturated rings. The molecule has 1 nitrogen and oxygen atoms in total. The first-order valence-electron chi connectivity index (χ1n) is 15.4. The third-order valence-corrected chi connectivity index (χ3v) is 7.32. The average Bonchev–Trinajstić information content (AvgIpc) is 2.84. The molecule has 0 unspecified atom stereocenters. The molecule has 0 spiro atoms. The van der Waals surface area contributed by atoms with Gasteiger partial charge in [0.1, 0.15) is 6.54 Å². The summed E-state index contributed by atoms with van der Waals surface area (Å²) in [6, 6.07) is 6.77. The Balaban J connectivity index is 1.90. The largest absolute Gasteiger partial charge is 0.202 e. The average molecular weight is 459 g/mol. The van der Waals surface area contributed by atoms with Crippen molar-refractivity contribution in [2.24, 2.45) is 0 Å². The van der Waals surface area contributed by atoms with Crippen molar-refractivity contribution in [3.63, 3.8) is 0 Å². The van der Waals surface area contributed by atoms with E-state index in [0.717, 1.165) is 0 Å². The normalized spacial score (nSPS) is 11.3. The summed E-state index contributed by atoms with van der Waals surface area (Å²) in [5.74, 6) is 0. The maximum Gasteiger partial charge on any atom is 0.181 e. The van der Waals surface area contributed by atoms with Crippen LogP contribution in [0.2, 0.25) is 0 Å².